The summed E-state index contributed by atoms with van der Waals surface area (Å²) in [7, 11) is 0. The minimum Gasteiger partial charge on any atom is -0.486 e. The van der Waals surface area contributed by atoms with Crippen molar-refractivity contribution in [3.05, 3.63) is 22.7 Å². The third-order valence-electron chi connectivity index (χ3n) is 2.54. The van der Waals surface area contributed by atoms with E-state index in [1.54, 1.807) is 13.0 Å². The van der Waals surface area contributed by atoms with E-state index in [0.717, 1.165) is 5.56 Å². The van der Waals surface area contributed by atoms with Gasteiger partial charge in [-0.15, -0.1) is 12.4 Å². The first-order chi connectivity index (χ1) is 8.58. The predicted octanol–water partition coefficient (Wildman–Crippen LogP) is 1.50. The summed E-state index contributed by atoms with van der Waals surface area (Å²) in [4.78, 5) is 11.4. The smallest absolute Gasteiger partial charge is 0.236 e. The Hall–Kier alpha value is -1.17. The van der Waals surface area contributed by atoms with Crippen LogP contribution in [0.15, 0.2) is 12.1 Å². The van der Waals surface area contributed by atoms with Crippen molar-refractivity contribution in [3.63, 3.8) is 0 Å². The molecule has 106 valence electrons. The van der Waals surface area contributed by atoms with Crippen molar-refractivity contribution in [2.75, 3.05) is 13.2 Å². The third kappa shape index (κ3) is 3.89. The van der Waals surface area contributed by atoms with Crippen molar-refractivity contribution >= 4 is 29.9 Å². The topological polar surface area (TPSA) is 73.6 Å². The van der Waals surface area contributed by atoms with E-state index in [1.807, 2.05) is 6.07 Å². The molecule has 0 radical (unpaired) electrons. The molecule has 1 aromatic carbocycles. The molecule has 1 atom stereocenters. The second-order valence-corrected chi connectivity index (χ2v) is 4.52. The quantitative estimate of drug-likeness (QED) is 0.887. The van der Waals surface area contributed by atoms with Crippen LogP contribution in [0.1, 0.15) is 12.5 Å². The number of nitrogens with one attached hydrogen (secondary N) is 1. The molecule has 0 spiro atoms. The van der Waals surface area contributed by atoms with Gasteiger partial charge in [-0.2, -0.15) is 0 Å². The Bertz CT molecular complexity index is 467. The number of hydrogen-bond donors (Lipinski definition) is 2. The van der Waals surface area contributed by atoms with Gasteiger partial charge in [-0.1, -0.05) is 11.6 Å². The maximum absolute atomic E-state index is 11.4. The highest BCUT2D eigenvalue weighted by molar-refractivity contribution is 6.32. The molecule has 0 unspecified atom stereocenters. The Morgan fingerprint density at radius 1 is 1.47 bits per heavy atom. The van der Waals surface area contributed by atoms with Gasteiger partial charge in [0.2, 0.25) is 5.91 Å². The average molecular weight is 307 g/mol. The van der Waals surface area contributed by atoms with Crippen LogP contribution >= 0.6 is 24.0 Å². The van der Waals surface area contributed by atoms with E-state index in [9.17, 15) is 4.79 Å². The fourth-order valence-corrected chi connectivity index (χ4v) is 1.90. The molecular weight excluding hydrogens is 291 g/mol. The SMILES string of the molecule is C[C@@H](N)C(=O)NCc1cc(Cl)c2c(c1)OCCO2.Cl. The molecule has 0 saturated carbocycles. The van der Waals surface area contributed by atoms with Gasteiger partial charge < -0.3 is 20.5 Å². The van der Waals surface area contributed by atoms with Crippen LogP contribution in [0.25, 0.3) is 0 Å². The number of nitrogens with two attached hydrogens (primary N) is 1. The van der Waals surface area contributed by atoms with Crippen molar-refractivity contribution in [2.24, 2.45) is 5.73 Å². The van der Waals surface area contributed by atoms with Gasteiger partial charge in [-0.05, 0) is 24.6 Å². The molecule has 19 heavy (non-hydrogen) atoms. The molecule has 0 bridgehead atoms. The van der Waals surface area contributed by atoms with Gasteiger partial charge in [0, 0.05) is 6.54 Å². The first-order valence-corrected chi connectivity index (χ1v) is 6.07. The summed E-state index contributed by atoms with van der Waals surface area (Å²) in [6, 6.07) is 3.02. The van der Waals surface area contributed by atoms with Gasteiger partial charge in [0.25, 0.3) is 0 Å². The highest BCUT2D eigenvalue weighted by atomic mass is 35.5. The van der Waals surface area contributed by atoms with E-state index >= 15 is 0 Å². The van der Waals surface area contributed by atoms with Crippen molar-refractivity contribution in [1.29, 1.82) is 0 Å². The lowest BCUT2D eigenvalue weighted by Crippen LogP contribution is -2.37. The molecular formula is C12H16Cl2N2O3. The lowest BCUT2D eigenvalue weighted by atomic mass is 10.2. The second-order valence-electron chi connectivity index (χ2n) is 4.11. The van der Waals surface area contributed by atoms with Gasteiger partial charge in [-0.3, -0.25) is 4.79 Å². The molecule has 7 heteroatoms. The van der Waals surface area contributed by atoms with E-state index < -0.39 is 6.04 Å². The molecule has 1 heterocycles. The largest absolute Gasteiger partial charge is 0.486 e. The number of carbonyl (C=O) groups is 1. The first kappa shape index (κ1) is 15.9. The predicted molar refractivity (Wildman–Crippen MR) is 75.2 cm³/mol. The van der Waals surface area contributed by atoms with Crippen LogP contribution < -0.4 is 20.5 Å². The minimum absolute atomic E-state index is 0. The number of rotatable bonds is 3. The van der Waals surface area contributed by atoms with Crippen LogP contribution in [0, 0.1) is 0 Å². The summed E-state index contributed by atoms with van der Waals surface area (Å²) in [5.74, 6) is 0.963. The number of carbonyl (C=O) groups excluding carboxylic acids is 1. The van der Waals surface area contributed by atoms with Crippen molar-refractivity contribution < 1.29 is 14.3 Å². The van der Waals surface area contributed by atoms with Crippen molar-refractivity contribution in [2.45, 2.75) is 19.5 Å². The van der Waals surface area contributed by atoms with E-state index in [0.29, 0.717) is 36.3 Å². The van der Waals surface area contributed by atoms with Gasteiger partial charge in [0.15, 0.2) is 11.5 Å². The zero-order valence-corrected chi connectivity index (χ0v) is 12.0. The highest BCUT2D eigenvalue weighted by Crippen LogP contribution is 2.38. The lowest BCUT2D eigenvalue weighted by molar-refractivity contribution is -0.122. The Balaban J connectivity index is 0.00000180. The molecule has 2 rings (SSSR count). The zero-order chi connectivity index (χ0) is 13.1. The number of halogens is 2. The fourth-order valence-electron chi connectivity index (χ4n) is 1.62. The normalized spacial score (nSPS) is 14.3. The van der Waals surface area contributed by atoms with Crippen molar-refractivity contribution in [1.82, 2.24) is 5.32 Å². The summed E-state index contributed by atoms with van der Waals surface area (Å²) >= 11 is 6.08. The van der Waals surface area contributed by atoms with E-state index in [-0.39, 0.29) is 18.3 Å². The Kier molecular flexibility index (Phi) is 5.72. The van der Waals surface area contributed by atoms with E-state index in [2.05, 4.69) is 5.32 Å². The maximum atomic E-state index is 11.4. The summed E-state index contributed by atoms with van der Waals surface area (Å²) in [5.41, 5.74) is 6.30. The summed E-state index contributed by atoms with van der Waals surface area (Å²) in [6.45, 7) is 2.98. The molecule has 0 aromatic heterocycles. The van der Waals surface area contributed by atoms with Gasteiger partial charge in [-0.25, -0.2) is 0 Å². The zero-order valence-electron chi connectivity index (χ0n) is 10.4. The fraction of sp³-hybridized carbons (Fsp3) is 0.417. The lowest BCUT2D eigenvalue weighted by Gasteiger charge is -2.20. The molecule has 0 aliphatic carbocycles. The van der Waals surface area contributed by atoms with Crippen LogP contribution in [0.2, 0.25) is 5.02 Å². The molecule has 0 fully saturated rings. The minimum atomic E-state index is -0.530. The standard InChI is InChI=1S/C12H15ClN2O3.ClH/c1-7(14)12(16)15-6-8-4-9(13)11-10(5-8)17-2-3-18-11;/h4-5,7H,2-3,6,14H2,1H3,(H,15,16);1H/t7-;/m1./s1. The van der Waals surface area contributed by atoms with E-state index in [4.69, 9.17) is 26.8 Å². The molecule has 5 nitrogen and oxygen atoms in total. The number of benzene rings is 1. The summed E-state index contributed by atoms with van der Waals surface area (Å²) in [6.07, 6.45) is 0. The molecule has 0 saturated heterocycles. The Labute approximate surface area is 122 Å². The third-order valence-corrected chi connectivity index (χ3v) is 2.82. The summed E-state index contributed by atoms with van der Waals surface area (Å²) in [5, 5.41) is 3.20. The molecule has 1 aliphatic heterocycles. The van der Waals surface area contributed by atoms with Crippen LogP contribution in [-0.2, 0) is 11.3 Å². The van der Waals surface area contributed by atoms with Crippen LogP contribution in [0.4, 0.5) is 0 Å². The highest BCUT2D eigenvalue weighted by Gasteiger charge is 2.17. The maximum Gasteiger partial charge on any atom is 0.236 e. The number of fused-ring (bicyclic) bond motifs is 1. The number of amides is 1. The Morgan fingerprint density at radius 3 is 2.84 bits per heavy atom. The summed E-state index contributed by atoms with van der Waals surface area (Å²) < 4.78 is 10.9. The number of ether oxygens (including phenoxy) is 2. The molecule has 1 amide bonds. The Morgan fingerprint density at radius 2 is 2.16 bits per heavy atom. The van der Waals surface area contributed by atoms with Gasteiger partial charge >= 0.3 is 0 Å². The average Bonchev–Trinajstić information content (AvgIpc) is 2.36. The molecule has 1 aliphatic rings. The van der Waals surface area contributed by atoms with E-state index in [1.165, 1.54) is 0 Å². The van der Waals surface area contributed by atoms with Crippen LogP contribution in [0.3, 0.4) is 0 Å². The van der Waals surface area contributed by atoms with Crippen LogP contribution in [-0.4, -0.2) is 25.2 Å². The van der Waals surface area contributed by atoms with Crippen molar-refractivity contribution in [3.8, 4) is 11.5 Å². The van der Waals surface area contributed by atoms with Crippen LogP contribution in [0.5, 0.6) is 11.5 Å². The first-order valence-electron chi connectivity index (χ1n) is 5.69. The molecule has 3 N–H and O–H groups in total. The van der Waals surface area contributed by atoms with Gasteiger partial charge in [0.05, 0.1) is 11.1 Å². The number of hydrogen-bond acceptors (Lipinski definition) is 4. The van der Waals surface area contributed by atoms with Gasteiger partial charge in [0.1, 0.15) is 13.2 Å². The second kappa shape index (κ2) is 6.84. The monoisotopic (exact) mass is 306 g/mol. The molecule has 1 aromatic rings.